The van der Waals surface area contributed by atoms with Crippen molar-refractivity contribution >= 4 is 40.9 Å². The fourth-order valence-corrected chi connectivity index (χ4v) is 3.64. The summed E-state index contributed by atoms with van der Waals surface area (Å²) in [4.78, 5) is 12.1. The molecule has 2 aliphatic heterocycles. The summed E-state index contributed by atoms with van der Waals surface area (Å²) >= 11 is 16.8. The Kier molecular flexibility index (Phi) is 6.77. The molecule has 0 aliphatic carbocycles. The van der Waals surface area contributed by atoms with Crippen molar-refractivity contribution < 1.29 is 23.7 Å². The first-order valence-corrected chi connectivity index (χ1v) is 9.85. The monoisotopic (exact) mass is 437 g/mol. The van der Waals surface area contributed by atoms with Crippen LogP contribution in [0.3, 0.4) is 0 Å². The number of carbonyl (C=O) groups excluding carboxylic acids is 1. The van der Waals surface area contributed by atoms with Crippen LogP contribution in [0.4, 0.5) is 4.79 Å². The fraction of sp³-hybridized carbons (Fsp3) is 0.611. The smallest absolute Gasteiger partial charge is 0.407 e. The highest BCUT2D eigenvalue weighted by Crippen LogP contribution is 2.36. The quantitative estimate of drug-likeness (QED) is 0.723. The zero-order valence-electron chi connectivity index (χ0n) is 14.9. The van der Waals surface area contributed by atoms with Crippen LogP contribution in [0, 0.1) is 5.92 Å². The molecule has 3 unspecified atom stereocenters. The van der Waals surface area contributed by atoms with E-state index in [1.165, 1.54) is 0 Å². The largest absolute Gasteiger partial charge is 0.445 e. The van der Waals surface area contributed by atoms with Gasteiger partial charge in [-0.25, -0.2) is 4.79 Å². The Morgan fingerprint density at radius 1 is 1.22 bits per heavy atom. The number of amides is 1. The average Bonchev–Trinajstić information content (AvgIpc) is 2.63. The molecule has 0 bridgehead atoms. The topological polar surface area (TPSA) is 66.0 Å². The lowest BCUT2D eigenvalue weighted by molar-refractivity contribution is -0.303. The van der Waals surface area contributed by atoms with Gasteiger partial charge in [-0.3, -0.25) is 0 Å². The first-order chi connectivity index (χ1) is 12.7. The van der Waals surface area contributed by atoms with Crippen molar-refractivity contribution in [3.05, 3.63) is 35.9 Å². The summed E-state index contributed by atoms with van der Waals surface area (Å²) < 4.78 is 21.3. The van der Waals surface area contributed by atoms with E-state index in [2.05, 4.69) is 5.32 Å². The number of halogens is 3. The molecule has 1 N–H and O–H groups in total. The van der Waals surface area contributed by atoms with E-state index in [-0.39, 0.29) is 36.9 Å². The van der Waals surface area contributed by atoms with Crippen LogP contribution in [0.2, 0.25) is 0 Å². The van der Waals surface area contributed by atoms with Crippen molar-refractivity contribution in [3.8, 4) is 0 Å². The molecule has 3 rings (SSSR count). The summed E-state index contributed by atoms with van der Waals surface area (Å²) in [7, 11) is 0. The first kappa shape index (κ1) is 21.0. The molecule has 6 atom stereocenters. The summed E-state index contributed by atoms with van der Waals surface area (Å²) in [6, 6.07) is 9.39. The molecule has 0 radical (unpaired) electrons. The minimum atomic E-state index is -1.66. The van der Waals surface area contributed by atoms with Gasteiger partial charge in [0.05, 0.1) is 24.9 Å². The lowest BCUT2D eigenvalue weighted by atomic mass is 9.85. The Balaban J connectivity index is 1.63. The molecule has 0 aromatic heterocycles. The van der Waals surface area contributed by atoms with Crippen molar-refractivity contribution in [2.24, 2.45) is 5.92 Å². The molecule has 150 valence electrons. The minimum Gasteiger partial charge on any atom is -0.445 e. The zero-order chi connectivity index (χ0) is 19.6. The van der Waals surface area contributed by atoms with E-state index < -0.39 is 16.2 Å². The van der Waals surface area contributed by atoms with Gasteiger partial charge in [0.15, 0.2) is 6.29 Å². The van der Waals surface area contributed by atoms with E-state index in [4.69, 9.17) is 53.8 Å². The summed E-state index contributed by atoms with van der Waals surface area (Å²) in [5.41, 5.74) is 0.938. The zero-order valence-corrected chi connectivity index (χ0v) is 17.2. The van der Waals surface area contributed by atoms with Crippen molar-refractivity contribution in [2.45, 2.75) is 48.3 Å². The third kappa shape index (κ3) is 5.40. The molecule has 1 amide bonds. The Labute approximate surface area is 173 Å². The number of alkyl carbamates (subject to hydrolysis) is 1. The number of nitrogens with one attached hydrogen (secondary N) is 1. The van der Waals surface area contributed by atoms with Crippen molar-refractivity contribution in [1.29, 1.82) is 0 Å². The summed E-state index contributed by atoms with van der Waals surface area (Å²) in [6.07, 6.45) is -1.83. The van der Waals surface area contributed by atoms with Gasteiger partial charge in [-0.2, -0.15) is 0 Å². The van der Waals surface area contributed by atoms with Crippen molar-refractivity contribution in [3.63, 3.8) is 0 Å². The number of hydrogen-bond donors (Lipinski definition) is 1. The molecule has 0 spiro atoms. The molecule has 6 nitrogen and oxygen atoms in total. The highest BCUT2D eigenvalue weighted by molar-refractivity contribution is 6.67. The summed E-state index contributed by atoms with van der Waals surface area (Å²) in [5, 5.41) is 2.80. The molecule has 2 fully saturated rings. The number of hydrogen-bond acceptors (Lipinski definition) is 5. The van der Waals surface area contributed by atoms with Crippen LogP contribution >= 0.6 is 34.8 Å². The van der Waals surface area contributed by atoms with Crippen LogP contribution < -0.4 is 5.32 Å². The second-order valence-electron chi connectivity index (χ2n) is 6.78. The molecule has 1 aromatic rings. The van der Waals surface area contributed by atoms with E-state index in [9.17, 15) is 4.79 Å². The van der Waals surface area contributed by atoms with Gasteiger partial charge < -0.3 is 24.3 Å². The van der Waals surface area contributed by atoms with Gasteiger partial charge in [0.1, 0.15) is 12.7 Å². The number of fused-ring (bicyclic) bond motifs is 1. The van der Waals surface area contributed by atoms with Gasteiger partial charge in [0.25, 0.3) is 0 Å². The van der Waals surface area contributed by atoms with Crippen molar-refractivity contribution in [1.82, 2.24) is 5.32 Å². The fourth-order valence-electron chi connectivity index (χ4n) is 3.48. The van der Waals surface area contributed by atoms with Crippen LogP contribution in [0.5, 0.6) is 0 Å². The Hall–Kier alpha value is -0.760. The van der Waals surface area contributed by atoms with Crippen LogP contribution in [-0.4, -0.2) is 47.5 Å². The van der Waals surface area contributed by atoms with E-state index in [0.717, 1.165) is 5.56 Å². The lowest BCUT2D eigenvalue weighted by Gasteiger charge is -2.48. The number of alkyl halides is 3. The Morgan fingerprint density at radius 2 is 1.93 bits per heavy atom. The molecule has 9 heteroatoms. The second kappa shape index (κ2) is 8.72. The number of rotatable bonds is 3. The highest BCUT2D eigenvalue weighted by atomic mass is 35.6. The van der Waals surface area contributed by atoms with Gasteiger partial charge in [-0.15, -0.1) is 0 Å². The van der Waals surface area contributed by atoms with Gasteiger partial charge in [-0.05, 0) is 6.92 Å². The SMILES string of the molecule is C[C@@H]1OC2COC(c3ccccc3)O[C@H]2[C@H](C)C1NC(=O)OCC(Cl)(Cl)Cl. The minimum absolute atomic E-state index is 0.0332. The summed E-state index contributed by atoms with van der Waals surface area (Å²) in [5.74, 6) is -0.0332. The molecule has 2 saturated heterocycles. The number of benzene rings is 1. The molecule has 27 heavy (non-hydrogen) atoms. The predicted octanol–water partition coefficient (Wildman–Crippen LogP) is 3.99. The first-order valence-electron chi connectivity index (χ1n) is 8.72. The standard InChI is InChI=1S/C18H22Cl3NO5/c1-10-14(22-17(23)25-9-18(19,20)21)11(2)26-13-8-24-16(27-15(10)13)12-6-4-3-5-7-12/h3-7,10-11,13-16H,8-9H2,1-2H3,(H,22,23)/t10-,11+,13?,14?,15+,16?/m1/s1. The molecule has 2 aliphatic rings. The van der Waals surface area contributed by atoms with E-state index in [1.807, 2.05) is 44.2 Å². The predicted molar refractivity (Wildman–Crippen MR) is 102 cm³/mol. The van der Waals surface area contributed by atoms with Gasteiger partial charge in [0, 0.05) is 11.5 Å². The molecule has 1 aromatic carbocycles. The van der Waals surface area contributed by atoms with E-state index in [1.54, 1.807) is 0 Å². The number of ether oxygens (including phenoxy) is 4. The molecule has 0 saturated carbocycles. The third-order valence-corrected chi connectivity index (χ3v) is 5.09. The Morgan fingerprint density at radius 3 is 2.59 bits per heavy atom. The average molecular weight is 439 g/mol. The second-order valence-corrected chi connectivity index (χ2v) is 9.29. The maximum atomic E-state index is 12.1. The maximum absolute atomic E-state index is 12.1. The third-order valence-electron chi connectivity index (χ3n) is 4.76. The molecule has 2 heterocycles. The lowest BCUT2D eigenvalue weighted by Crippen LogP contribution is -2.62. The van der Waals surface area contributed by atoms with Crippen LogP contribution in [0.15, 0.2) is 30.3 Å². The van der Waals surface area contributed by atoms with Gasteiger partial charge in [0.2, 0.25) is 3.79 Å². The molecular weight excluding hydrogens is 417 g/mol. The van der Waals surface area contributed by atoms with Crippen LogP contribution in [-0.2, 0) is 18.9 Å². The maximum Gasteiger partial charge on any atom is 0.407 e. The normalized spacial score (nSPS) is 33.8. The highest BCUT2D eigenvalue weighted by Gasteiger charge is 2.47. The van der Waals surface area contributed by atoms with Crippen molar-refractivity contribution in [2.75, 3.05) is 13.2 Å². The molecular formula is C18H22Cl3NO5. The number of carbonyl (C=O) groups is 1. The van der Waals surface area contributed by atoms with E-state index >= 15 is 0 Å². The van der Waals surface area contributed by atoms with Gasteiger partial charge >= 0.3 is 6.09 Å². The van der Waals surface area contributed by atoms with Crippen LogP contribution in [0.1, 0.15) is 25.7 Å². The van der Waals surface area contributed by atoms with E-state index in [0.29, 0.717) is 6.61 Å². The van der Waals surface area contributed by atoms with Gasteiger partial charge in [-0.1, -0.05) is 72.1 Å². The van der Waals surface area contributed by atoms with Crippen LogP contribution in [0.25, 0.3) is 0 Å². The summed E-state index contributed by atoms with van der Waals surface area (Å²) in [6.45, 7) is 3.97. The Bertz CT molecular complexity index is 642.